The highest BCUT2D eigenvalue weighted by Crippen LogP contribution is 2.17. The summed E-state index contributed by atoms with van der Waals surface area (Å²) in [5.41, 5.74) is 0. The van der Waals surface area contributed by atoms with E-state index in [0.717, 1.165) is 64.2 Å². The lowest BCUT2D eigenvalue weighted by molar-refractivity contribution is -0.167. The monoisotopic (exact) mass is 849 g/mol. The summed E-state index contributed by atoms with van der Waals surface area (Å²) in [7, 11) is 0. The Hall–Kier alpha value is -1.59. The SMILES string of the molecule is CCCCCCCCCCCCCCCCCCCCCC(=O)OC[C@@H](COC(=O)CCCCCCC)OC(=O)CCCCCCCCCCCCCCCCCCCC. The van der Waals surface area contributed by atoms with Crippen LogP contribution in [-0.4, -0.2) is 37.2 Å². The van der Waals surface area contributed by atoms with Crippen LogP contribution in [0.25, 0.3) is 0 Å². The summed E-state index contributed by atoms with van der Waals surface area (Å²) in [6, 6.07) is 0. The van der Waals surface area contributed by atoms with Gasteiger partial charge < -0.3 is 14.2 Å². The van der Waals surface area contributed by atoms with Gasteiger partial charge in [-0.25, -0.2) is 0 Å². The van der Waals surface area contributed by atoms with E-state index in [9.17, 15) is 14.4 Å². The van der Waals surface area contributed by atoms with Crippen molar-refractivity contribution in [1.82, 2.24) is 0 Å². The van der Waals surface area contributed by atoms with Crippen LogP contribution < -0.4 is 0 Å². The van der Waals surface area contributed by atoms with Gasteiger partial charge in [-0.3, -0.25) is 14.4 Å². The van der Waals surface area contributed by atoms with E-state index in [1.54, 1.807) is 0 Å². The molecule has 0 bridgehead atoms. The quantitative estimate of drug-likeness (QED) is 0.0345. The van der Waals surface area contributed by atoms with E-state index in [4.69, 9.17) is 14.2 Å². The predicted octanol–water partition coefficient (Wildman–Crippen LogP) is 17.6. The maximum atomic E-state index is 12.7. The molecule has 0 aromatic rings. The average Bonchev–Trinajstić information content (AvgIpc) is 3.24. The standard InChI is InChI=1S/C54H104O6/c1-4-7-10-13-15-17-19-21-23-25-27-29-30-32-34-36-38-41-44-47-53(56)59-50-51(49-58-52(55)46-43-40-12-9-6-3)60-54(57)48-45-42-39-37-35-33-31-28-26-24-22-20-18-16-14-11-8-5-2/h51H,4-50H2,1-3H3/t51-/m1/s1. The van der Waals surface area contributed by atoms with Gasteiger partial charge in [0.25, 0.3) is 0 Å². The number of rotatable bonds is 50. The smallest absolute Gasteiger partial charge is 0.306 e. The molecule has 0 fully saturated rings. The first-order valence-electron chi connectivity index (χ1n) is 27.0. The van der Waals surface area contributed by atoms with Crippen LogP contribution in [0.1, 0.15) is 310 Å². The molecule has 1 atom stereocenters. The van der Waals surface area contributed by atoms with E-state index in [0.29, 0.717) is 19.3 Å². The van der Waals surface area contributed by atoms with Gasteiger partial charge in [-0.1, -0.05) is 271 Å². The number of carbonyl (C=O) groups excluding carboxylic acids is 3. The molecule has 60 heavy (non-hydrogen) atoms. The Balaban J connectivity index is 4.06. The number of hydrogen-bond acceptors (Lipinski definition) is 6. The van der Waals surface area contributed by atoms with E-state index in [1.165, 1.54) is 205 Å². The van der Waals surface area contributed by atoms with Crippen molar-refractivity contribution in [3.63, 3.8) is 0 Å². The highest BCUT2D eigenvalue weighted by Gasteiger charge is 2.19. The molecule has 0 amide bonds. The normalized spacial score (nSPS) is 11.8. The molecular formula is C54H104O6. The average molecular weight is 849 g/mol. The number of hydrogen-bond donors (Lipinski definition) is 0. The summed E-state index contributed by atoms with van der Waals surface area (Å²) in [5.74, 6) is -0.854. The molecule has 0 saturated carbocycles. The highest BCUT2D eigenvalue weighted by molar-refractivity contribution is 5.71. The van der Waals surface area contributed by atoms with Crippen molar-refractivity contribution in [3.05, 3.63) is 0 Å². The third-order valence-corrected chi connectivity index (χ3v) is 12.4. The second kappa shape index (κ2) is 50.1. The zero-order valence-electron chi connectivity index (χ0n) is 40.8. The van der Waals surface area contributed by atoms with Crippen LogP contribution in [0, 0.1) is 0 Å². The van der Waals surface area contributed by atoms with Crippen molar-refractivity contribution in [2.24, 2.45) is 0 Å². The van der Waals surface area contributed by atoms with Crippen molar-refractivity contribution < 1.29 is 28.6 Å². The van der Waals surface area contributed by atoms with Crippen molar-refractivity contribution in [3.8, 4) is 0 Å². The van der Waals surface area contributed by atoms with Crippen molar-refractivity contribution in [1.29, 1.82) is 0 Å². The van der Waals surface area contributed by atoms with Crippen LogP contribution in [0.4, 0.5) is 0 Å². The van der Waals surface area contributed by atoms with E-state index in [1.807, 2.05) is 0 Å². The number of esters is 3. The molecule has 0 aromatic heterocycles. The van der Waals surface area contributed by atoms with Crippen molar-refractivity contribution in [2.45, 2.75) is 316 Å². The Morgan fingerprint density at radius 3 is 0.667 bits per heavy atom. The Labute approximate surface area is 374 Å². The molecule has 0 heterocycles. The molecule has 6 heteroatoms. The topological polar surface area (TPSA) is 78.9 Å². The van der Waals surface area contributed by atoms with E-state index >= 15 is 0 Å². The zero-order chi connectivity index (χ0) is 43.7. The number of unbranched alkanes of at least 4 members (excludes halogenated alkanes) is 39. The molecule has 6 nitrogen and oxygen atoms in total. The van der Waals surface area contributed by atoms with Gasteiger partial charge in [-0.05, 0) is 19.3 Å². The van der Waals surface area contributed by atoms with Crippen LogP contribution in [-0.2, 0) is 28.6 Å². The van der Waals surface area contributed by atoms with Crippen molar-refractivity contribution in [2.75, 3.05) is 13.2 Å². The van der Waals surface area contributed by atoms with Crippen molar-refractivity contribution >= 4 is 17.9 Å². The molecule has 0 aliphatic heterocycles. The van der Waals surface area contributed by atoms with Gasteiger partial charge >= 0.3 is 17.9 Å². The van der Waals surface area contributed by atoms with Crippen LogP contribution in [0.3, 0.4) is 0 Å². The van der Waals surface area contributed by atoms with Gasteiger partial charge in [0.15, 0.2) is 6.10 Å². The first-order chi connectivity index (χ1) is 29.5. The van der Waals surface area contributed by atoms with Gasteiger partial charge in [0.05, 0.1) is 0 Å². The maximum absolute atomic E-state index is 12.7. The lowest BCUT2D eigenvalue weighted by Gasteiger charge is -2.18. The maximum Gasteiger partial charge on any atom is 0.306 e. The summed E-state index contributed by atoms with van der Waals surface area (Å²) in [4.78, 5) is 37.7. The third kappa shape index (κ3) is 47.5. The van der Waals surface area contributed by atoms with Crippen LogP contribution >= 0.6 is 0 Å². The van der Waals surface area contributed by atoms with Crippen LogP contribution in [0.15, 0.2) is 0 Å². The molecule has 0 unspecified atom stereocenters. The first-order valence-corrected chi connectivity index (χ1v) is 27.0. The Kier molecular flexibility index (Phi) is 48.7. The predicted molar refractivity (Wildman–Crippen MR) is 257 cm³/mol. The third-order valence-electron chi connectivity index (χ3n) is 12.4. The van der Waals surface area contributed by atoms with Crippen LogP contribution in [0.2, 0.25) is 0 Å². The van der Waals surface area contributed by atoms with Gasteiger partial charge in [-0.2, -0.15) is 0 Å². The van der Waals surface area contributed by atoms with Gasteiger partial charge in [0.2, 0.25) is 0 Å². The van der Waals surface area contributed by atoms with Gasteiger partial charge in [-0.15, -0.1) is 0 Å². The Bertz CT molecular complexity index is 889. The van der Waals surface area contributed by atoms with E-state index in [2.05, 4.69) is 20.8 Å². The lowest BCUT2D eigenvalue weighted by Crippen LogP contribution is -2.30. The largest absolute Gasteiger partial charge is 0.462 e. The second-order valence-electron chi connectivity index (χ2n) is 18.5. The molecule has 0 aliphatic carbocycles. The fourth-order valence-corrected chi connectivity index (χ4v) is 8.27. The highest BCUT2D eigenvalue weighted by atomic mass is 16.6. The molecule has 0 aliphatic rings. The fraction of sp³-hybridized carbons (Fsp3) is 0.944. The van der Waals surface area contributed by atoms with Gasteiger partial charge in [0, 0.05) is 19.3 Å². The molecule has 0 aromatic carbocycles. The zero-order valence-corrected chi connectivity index (χ0v) is 40.8. The molecule has 0 rings (SSSR count). The van der Waals surface area contributed by atoms with Gasteiger partial charge in [0.1, 0.15) is 13.2 Å². The molecule has 0 radical (unpaired) electrons. The summed E-state index contributed by atoms with van der Waals surface area (Å²) < 4.78 is 16.7. The minimum absolute atomic E-state index is 0.0629. The molecular weight excluding hydrogens is 745 g/mol. The van der Waals surface area contributed by atoms with E-state index < -0.39 is 6.10 Å². The van der Waals surface area contributed by atoms with E-state index in [-0.39, 0.29) is 31.1 Å². The summed E-state index contributed by atoms with van der Waals surface area (Å²) in [6.07, 6.45) is 54.2. The molecule has 356 valence electrons. The second-order valence-corrected chi connectivity index (χ2v) is 18.5. The number of carbonyl (C=O) groups is 3. The molecule has 0 N–H and O–H groups in total. The fourth-order valence-electron chi connectivity index (χ4n) is 8.27. The first kappa shape index (κ1) is 58.4. The molecule has 0 spiro atoms. The summed E-state index contributed by atoms with van der Waals surface area (Å²) >= 11 is 0. The number of ether oxygens (including phenoxy) is 3. The Morgan fingerprint density at radius 1 is 0.267 bits per heavy atom. The lowest BCUT2D eigenvalue weighted by atomic mass is 10.0. The minimum Gasteiger partial charge on any atom is -0.462 e. The van der Waals surface area contributed by atoms with Crippen LogP contribution in [0.5, 0.6) is 0 Å². The summed E-state index contributed by atoms with van der Waals surface area (Å²) in [5, 5.41) is 0. The summed E-state index contributed by atoms with van der Waals surface area (Å²) in [6.45, 7) is 6.61. The minimum atomic E-state index is -0.758. The Morgan fingerprint density at radius 2 is 0.450 bits per heavy atom. The molecule has 0 saturated heterocycles.